The van der Waals surface area contributed by atoms with Crippen molar-refractivity contribution in [2.45, 2.75) is 52.1 Å². The molecule has 0 aromatic heterocycles. The van der Waals surface area contributed by atoms with Crippen molar-refractivity contribution in [3.8, 4) is 5.75 Å². The molecule has 19 heavy (non-hydrogen) atoms. The molecule has 2 rings (SSSR count). The fourth-order valence-electron chi connectivity index (χ4n) is 2.13. The van der Waals surface area contributed by atoms with Gasteiger partial charge in [0.15, 0.2) is 11.6 Å². The molecule has 0 saturated heterocycles. The Hall–Kier alpha value is -1.09. The standard InChI is InChI=1S/C16H24FNO/c1-3-4-12(2)11-19-16-8-5-13(9-15(16)17)10-18-14-6-7-14/h5,8-9,12,14,18H,3-4,6-7,10-11H2,1-2H3. The molecule has 0 heterocycles. The fourth-order valence-corrected chi connectivity index (χ4v) is 2.13. The smallest absolute Gasteiger partial charge is 0.165 e. The van der Waals surface area contributed by atoms with Gasteiger partial charge in [0, 0.05) is 12.6 Å². The van der Waals surface area contributed by atoms with E-state index in [-0.39, 0.29) is 5.82 Å². The van der Waals surface area contributed by atoms with Crippen LogP contribution in [0.3, 0.4) is 0 Å². The maximum atomic E-state index is 13.9. The average molecular weight is 265 g/mol. The van der Waals surface area contributed by atoms with Crippen LogP contribution in [0.2, 0.25) is 0 Å². The minimum Gasteiger partial charge on any atom is -0.490 e. The summed E-state index contributed by atoms with van der Waals surface area (Å²) in [7, 11) is 0. The molecule has 0 spiro atoms. The maximum absolute atomic E-state index is 13.9. The van der Waals surface area contributed by atoms with Crippen molar-refractivity contribution in [1.82, 2.24) is 5.32 Å². The summed E-state index contributed by atoms with van der Waals surface area (Å²) in [5.41, 5.74) is 0.985. The van der Waals surface area contributed by atoms with Crippen LogP contribution in [-0.2, 0) is 6.54 Å². The van der Waals surface area contributed by atoms with Gasteiger partial charge in [0.1, 0.15) is 0 Å². The van der Waals surface area contributed by atoms with Crippen molar-refractivity contribution >= 4 is 0 Å². The van der Waals surface area contributed by atoms with Gasteiger partial charge in [-0.2, -0.15) is 0 Å². The minimum absolute atomic E-state index is 0.251. The van der Waals surface area contributed by atoms with Crippen LogP contribution in [0.4, 0.5) is 4.39 Å². The monoisotopic (exact) mass is 265 g/mol. The van der Waals surface area contributed by atoms with Gasteiger partial charge in [0.05, 0.1) is 6.61 Å². The van der Waals surface area contributed by atoms with Gasteiger partial charge in [0.2, 0.25) is 0 Å². The molecule has 1 unspecified atom stereocenters. The van der Waals surface area contributed by atoms with Crippen LogP contribution in [0.15, 0.2) is 18.2 Å². The molecule has 1 aliphatic rings. The van der Waals surface area contributed by atoms with Gasteiger partial charge < -0.3 is 10.1 Å². The summed E-state index contributed by atoms with van der Waals surface area (Å²) in [5, 5.41) is 3.38. The van der Waals surface area contributed by atoms with Crippen LogP contribution in [0.25, 0.3) is 0 Å². The summed E-state index contributed by atoms with van der Waals surface area (Å²) in [5.74, 6) is 0.595. The largest absolute Gasteiger partial charge is 0.490 e. The summed E-state index contributed by atoms with van der Waals surface area (Å²) in [6.07, 6.45) is 4.75. The van der Waals surface area contributed by atoms with Gasteiger partial charge in [-0.15, -0.1) is 0 Å². The molecule has 1 aromatic rings. The van der Waals surface area contributed by atoms with Gasteiger partial charge in [-0.05, 0) is 42.9 Å². The first-order valence-corrected chi connectivity index (χ1v) is 7.33. The van der Waals surface area contributed by atoms with Gasteiger partial charge in [0.25, 0.3) is 0 Å². The van der Waals surface area contributed by atoms with Crippen molar-refractivity contribution < 1.29 is 9.13 Å². The number of hydrogen-bond acceptors (Lipinski definition) is 2. The van der Waals surface area contributed by atoms with E-state index in [4.69, 9.17) is 4.74 Å². The summed E-state index contributed by atoms with van der Waals surface area (Å²) < 4.78 is 19.4. The van der Waals surface area contributed by atoms with Gasteiger partial charge >= 0.3 is 0 Å². The normalized spacial score (nSPS) is 16.4. The highest BCUT2D eigenvalue weighted by Crippen LogP contribution is 2.22. The number of benzene rings is 1. The third-order valence-electron chi connectivity index (χ3n) is 3.47. The minimum atomic E-state index is -0.251. The highest BCUT2D eigenvalue weighted by Gasteiger charge is 2.20. The van der Waals surface area contributed by atoms with E-state index in [1.165, 1.54) is 12.8 Å². The topological polar surface area (TPSA) is 21.3 Å². The van der Waals surface area contributed by atoms with E-state index in [0.29, 0.717) is 24.3 Å². The molecule has 0 amide bonds. The van der Waals surface area contributed by atoms with Crippen molar-refractivity contribution in [1.29, 1.82) is 0 Å². The zero-order valence-electron chi connectivity index (χ0n) is 11.9. The highest BCUT2D eigenvalue weighted by molar-refractivity contribution is 5.29. The zero-order chi connectivity index (χ0) is 13.7. The fraction of sp³-hybridized carbons (Fsp3) is 0.625. The average Bonchev–Trinajstić information content (AvgIpc) is 3.19. The number of hydrogen-bond donors (Lipinski definition) is 1. The van der Waals surface area contributed by atoms with Gasteiger partial charge in [-0.25, -0.2) is 4.39 Å². The van der Waals surface area contributed by atoms with Crippen molar-refractivity contribution in [3.63, 3.8) is 0 Å². The third kappa shape index (κ3) is 4.83. The Bertz CT molecular complexity index is 404. The lowest BCUT2D eigenvalue weighted by Crippen LogP contribution is -2.15. The Kier molecular flexibility index (Phi) is 5.20. The van der Waals surface area contributed by atoms with E-state index < -0.39 is 0 Å². The lowest BCUT2D eigenvalue weighted by atomic mass is 10.1. The van der Waals surface area contributed by atoms with E-state index in [1.54, 1.807) is 12.1 Å². The van der Waals surface area contributed by atoms with Crippen LogP contribution >= 0.6 is 0 Å². The van der Waals surface area contributed by atoms with E-state index in [9.17, 15) is 4.39 Å². The first-order chi connectivity index (χ1) is 9.19. The molecule has 0 radical (unpaired) electrons. The predicted octanol–water partition coefficient (Wildman–Crippen LogP) is 3.89. The second kappa shape index (κ2) is 6.90. The first kappa shape index (κ1) is 14.3. The molecule has 1 aromatic carbocycles. The van der Waals surface area contributed by atoms with Crippen molar-refractivity contribution in [3.05, 3.63) is 29.6 Å². The quantitative estimate of drug-likeness (QED) is 0.770. The number of rotatable bonds is 8. The van der Waals surface area contributed by atoms with E-state index in [2.05, 4.69) is 19.2 Å². The third-order valence-corrected chi connectivity index (χ3v) is 3.47. The summed E-state index contributed by atoms with van der Waals surface area (Å²) in [6.45, 7) is 5.62. The summed E-state index contributed by atoms with van der Waals surface area (Å²) in [4.78, 5) is 0. The molecule has 1 N–H and O–H groups in total. The number of halogens is 1. The molecule has 3 heteroatoms. The molecule has 0 bridgehead atoms. The van der Waals surface area contributed by atoms with E-state index in [0.717, 1.165) is 24.9 Å². The number of ether oxygens (including phenoxy) is 1. The highest BCUT2D eigenvalue weighted by atomic mass is 19.1. The van der Waals surface area contributed by atoms with Gasteiger partial charge in [-0.3, -0.25) is 0 Å². The molecule has 1 aliphatic carbocycles. The first-order valence-electron chi connectivity index (χ1n) is 7.33. The predicted molar refractivity (Wildman–Crippen MR) is 75.8 cm³/mol. The Labute approximate surface area is 115 Å². The molecule has 1 fully saturated rings. The lowest BCUT2D eigenvalue weighted by molar-refractivity contribution is 0.241. The molecule has 1 atom stereocenters. The van der Waals surface area contributed by atoms with Crippen LogP contribution in [0, 0.1) is 11.7 Å². The molecular formula is C16H24FNO. The second-order valence-electron chi connectivity index (χ2n) is 5.62. The lowest BCUT2D eigenvalue weighted by Gasteiger charge is -2.13. The summed E-state index contributed by atoms with van der Waals surface area (Å²) >= 11 is 0. The Balaban J connectivity index is 1.83. The van der Waals surface area contributed by atoms with Crippen LogP contribution < -0.4 is 10.1 Å². The Morgan fingerprint density at radius 2 is 2.21 bits per heavy atom. The molecule has 1 saturated carbocycles. The molecule has 0 aliphatic heterocycles. The summed E-state index contributed by atoms with van der Waals surface area (Å²) in [6, 6.07) is 5.92. The molecule has 2 nitrogen and oxygen atoms in total. The van der Waals surface area contributed by atoms with Crippen molar-refractivity contribution in [2.24, 2.45) is 5.92 Å². The number of nitrogens with one attached hydrogen (secondary N) is 1. The Morgan fingerprint density at radius 3 is 2.84 bits per heavy atom. The maximum Gasteiger partial charge on any atom is 0.165 e. The van der Waals surface area contributed by atoms with Gasteiger partial charge in [-0.1, -0.05) is 26.3 Å². The van der Waals surface area contributed by atoms with E-state index in [1.807, 2.05) is 6.07 Å². The van der Waals surface area contributed by atoms with Crippen LogP contribution in [0.5, 0.6) is 5.75 Å². The van der Waals surface area contributed by atoms with Crippen LogP contribution in [0.1, 0.15) is 45.1 Å². The molecule has 106 valence electrons. The van der Waals surface area contributed by atoms with E-state index >= 15 is 0 Å². The second-order valence-corrected chi connectivity index (χ2v) is 5.62. The Morgan fingerprint density at radius 1 is 1.42 bits per heavy atom. The SMILES string of the molecule is CCCC(C)COc1ccc(CNC2CC2)cc1F. The zero-order valence-corrected chi connectivity index (χ0v) is 11.9. The van der Waals surface area contributed by atoms with Crippen LogP contribution in [-0.4, -0.2) is 12.6 Å². The van der Waals surface area contributed by atoms with Crippen molar-refractivity contribution in [2.75, 3.05) is 6.61 Å². The molecular weight excluding hydrogens is 241 g/mol.